The quantitative estimate of drug-likeness (QED) is 0.919. The standard InChI is InChI=1S/C14H16BrNOS/c1-9-3-5-11(13(7-9)17-2)12(16)8-10-4-6-14(15)18-10/h3-7,12H,8,16H2,1-2H3. The van der Waals surface area contributed by atoms with E-state index in [-0.39, 0.29) is 6.04 Å². The van der Waals surface area contributed by atoms with Gasteiger partial charge in [-0.15, -0.1) is 11.3 Å². The molecular weight excluding hydrogens is 310 g/mol. The Morgan fingerprint density at radius 1 is 1.33 bits per heavy atom. The lowest BCUT2D eigenvalue weighted by Crippen LogP contribution is -2.14. The van der Waals surface area contributed by atoms with Gasteiger partial charge in [0, 0.05) is 22.9 Å². The molecule has 4 heteroatoms. The predicted octanol–water partition coefficient (Wildman–Crippen LogP) is 4.07. The second-order valence-corrected chi connectivity index (χ2v) is 6.81. The molecule has 2 nitrogen and oxygen atoms in total. The van der Waals surface area contributed by atoms with Crippen LogP contribution in [-0.4, -0.2) is 7.11 Å². The lowest BCUT2D eigenvalue weighted by molar-refractivity contribution is 0.405. The Morgan fingerprint density at radius 2 is 2.11 bits per heavy atom. The molecule has 0 aliphatic rings. The maximum absolute atomic E-state index is 6.27. The largest absolute Gasteiger partial charge is 0.496 e. The van der Waals surface area contributed by atoms with Gasteiger partial charge >= 0.3 is 0 Å². The molecule has 0 fully saturated rings. The van der Waals surface area contributed by atoms with Crippen LogP contribution in [0.5, 0.6) is 5.75 Å². The third-order valence-electron chi connectivity index (χ3n) is 2.84. The first-order chi connectivity index (χ1) is 8.60. The van der Waals surface area contributed by atoms with E-state index in [4.69, 9.17) is 10.5 Å². The Balaban J connectivity index is 2.20. The van der Waals surface area contributed by atoms with Crippen LogP contribution < -0.4 is 10.5 Å². The minimum atomic E-state index is -0.0360. The summed E-state index contributed by atoms with van der Waals surface area (Å²) in [6.45, 7) is 2.05. The van der Waals surface area contributed by atoms with Crippen molar-refractivity contribution in [1.82, 2.24) is 0 Å². The molecule has 0 aliphatic heterocycles. The van der Waals surface area contributed by atoms with Crippen molar-refractivity contribution in [1.29, 1.82) is 0 Å². The molecule has 0 saturated heterocycles. The van der Waals surface area contributed by atoms with Crippen LogP contribution in [0.2, 0.25) is 0 Å². The number of ether oxygens (including phenoxy) is 1. The van der Waals surface area contributed by atoms with E-state index in [9.17, 15) is 0 Å². The van der Waals surface area contributed by atoms with E-state index in [0.29, 0.717) is 0 Å². The fourth-order valence-electron chi connectivity index (χ4n) is 1.91. The molecule has 2 N–H and O–H groups in total. The van der Waals surface area contributed by atoms with Crippen LogP contribution in [-0.2, 0) is 6.42 Å². The van der Waals surface area contributed by atoms with Crippen molar-refractivity contribution in [2.45, 2.75) is 19.4 Å². The Hall–Kier alpha value is -0.840. The summed E-state index contributed by atoms with van der Waals surface area (Å²) in [7, 11) is 1.69. The van der Waals surface area contributed by atoms with Gasteiger partial charge in [0.2, 0.25) is 0 Å². The van der Waals surface area contributed by atoms with Gasteiger partial charge in [0.25, 0.3) is 0 Å². The number of nitrogens with two attached hydrogens (primary N) is 1. The molecule has 1 aromatic heterocycles. The molecule has 1 atom stereocenters. The van der Waals surface area contributed by atoms with E-state index in [1.807, 2.05) is 13.0 Å². The van der Waals surface area contributed by atoms with E-state index >= 15 is 0 Å². The normalized spacial score (nSPS) is 12.4. The summed E-state index contributed by atoms with van der Waals surface area (Å²) in [6, 6.07) is 10.3. The van der Waals surface area contributed by atoms with Gasteiger partial charge in [-0.05, 0) is 46.6 Å². The van der Waals surface area contributed by atoms with Gasteiger partial charge in [0.1, 0.15) is 5.75 Å². The summed E-state index contributed by atoms with van der Waals surface area (Å²) in [5.74, 6) is 0.873. The van der Waals surface area contributed by atoms with Gasteiger partial charge in [-0.25, -0.2) is 0 Å². The fourth-order valence-corrected chi connectivity index (χ4v) is 3.45. The molecule has 0 amide bonds. The smallest absolute Gasteiger partial charge is 0.123 e. The maximum atomic E-state index is 6.27. The van der Waals surface area contributed by atoms with E-state index in [1.165, 1.54) is 10.4 Å². The highest BCUT2D eigenvalue weighted by atomic mass is 79.9. The average molecular weight is 326 g/mol. The second-order valence-electron chi connectivity index (χ2n) is 4.26. The van der Waals surface area contributed by atoms with Crippen LogP contribution in [0.1, 0.15) is 22.0 Å². The molecule has 0 radical (unpaired) electrons. The first kappa shape index (κ1) is 13.6. The predicted molar refractivity (Wildman–Crippen MR) is 80.4 cm³/mol. The number of rotatable bonds is 4. The molecule has 0 spiro atoms. The summed E-state index contributed by atoms with van der Waals surface area (Å²) in [6.07, 6.45) is 0.829. The van der Waals surface area contributed by atoms with Crippen LogP contribution >= 0.6 is 27.3 Å². The van der Waals surface area contributed by atoms with Crippen molar-refractivity contribution >= 4 is 27.3 Å². The van der Waals surface area contributed by atoms with Gasteiger partial charge in [0.15, 0.2) is 0 Å². The van der Waals surface area contributed by atoms with Crippen LogP contribution in [0.25, 0.3) is 0 Å². The second kappa shape index (κ2) is 5.87. The van der Waals surface area contributed by atoms with Crippen molar-refractivity contribution in [3.05, 3.63) is 50.1 Å². The Bertz CT molecular complexity index is 538. The molecule has 18 heavy (non-hydrogen) atoms. The van der Waals surface area contributed by atoms with Crippen LogP contribution in [0.4, 0.5) is 0 Å². The molecule has 0 saturated carbocycles. The van der Waals surface area contributed by atoms with E-state index in [0.717, 1.165) is 21.5 Å². The maximum Gasteiger partial charge on any atom is 0.123 e. The zero-order valence-corrected chi connectivity index (χ0v) is 12.8. The average Bonchev–Trinajstić information content (AvgIpc) is 2.74. The van der Waals surface area contributed by atoms with Gasteiger partial charge in [-0.3, -0.25) is 0 Å². The van der Waals surface area contributed by atoms with Crippen LogP contribution in [0, 0.1) is 6.92 Å². The Morgan fingerprint density at radius 3 is 2.72 bits per heavy atom. The minimum absolute atomic E-state index is 0.0360. The monoisotopic (exact) mass is 325 g/mol. The van der Waals surface area contributed by atoms with Crippen molar-refractivity contribution in [3.8, 4) is 5.75 Å². The highest BCUT2D eigenvalue weighted by molar-refractivity contribution is 9.11. The molecule has 1 aromatic carbocycles. The number of hydrogen-bond donors (Lipinski definition) is 1. The molecule has 2 rings (SSSR count). The zero-order valence-electron chi connectivity index (χ0n) is 10.4. The van der Waals surface area contributed by atoms with Gasteiger partial charge in [0.05, 0.1) is 10.9 Å². The van der Waals surface area contributed by atoms with Gasteiger partial charge in [-0.2, -0.15) is 0 Å². The summed E-state index contributed by atoms with van der Waals surface area (Å²) in [5, 5.41) is 0. The van der Waals surface area contributed by atoms with Crippen molar-refractivity contribution < 1.29 is 4.74 Å². The highest BCUT2D eigenvalue weighted by Gasteiger charge is 2.13. The number of benzene rings is 1. The van der Waals surface area contributed by atoms with Crippen LogP contribution in [0.15, 0.2) is 34.1 Å². The van der Waals surface area contributed by atoms with Gasteiger partial charge in [-0.1, -0.05) is 12.1 Å². The first-order valence-electron chi connectivity index (χ1n) is 5.74. The zero-order chi connectivity index (χ0) is 13.1. The lowest BCUT2D eigenvalue weighted by Gasteiger charge is -2.15. The number of methoxy groups -OCH3 is 1. The number of aryl methyl sites for hydroxylation is 1. The van der Waals surface area contributed by atoms with Crippen molar-refractivity contribution in [2.75, 3.05) is 7.11 Å². The molecule has 1 unspecified atom stereocenters. The summed E-state index contributed by atoms with van der Waals surface area (Å²) < 4.78 is 6.54. The van der Waals surface area contributed by atoms with E-state index < -0.39 is 0 Å². The minimum Gasteiger partial charge on any atom is -0.496 e. The van der Waals surface area contributed by atoms with Crippen LogP contribution in [0.3, 0.4) is 0 Å². The first-order valence-corrected chi connectivity index (χ1v) is 7.35. The van der Waals surface area contributed by atoms with Crippen molar-refractivity contribution in [2.24, 2.45) is 5.73 Å². The third-order valence-corrected chi connectivity index (χ3v) is 4.48. The molecule has 0 aliphatic carbocycles. The Kier molecular flexibility index (Phi) is 4.43. The number of halogens is 1. The molecular formula is C14H16BrNOS. The third kappa shape index (κ3) is 3.13. The summed E-state index contributed by atoms with van der Waals surface area (Å²) in [4.78, 5) is 1.28. The van der Waals surface area contributed by atoms with E-state index in [2.05, 4.69) is 40.2 Å². The number of thiophene rings is 1. The topological polar surface area (TPSA) is 35.2 Å². The summed E-state index contributed by atoms with van der Waals surface area (Å²) in [5.41, 5.74) is 8.52. The fraction of sp³-hybridized carbons (Fsp3) is 0.286. The lowest BCUT2D eigenvalue weighted by atomic mass is 10.0. The Labute approximate surface area is 120 Å². The molecule has 96 valence electrons. The van der Waals surface area contributed by atoms with E-state index in [1.54, 1.807) is 18.4 Å². The van der Waals surface area contributed by atoms with Gasteiger partial charge < -0.3 is 10.5 Å². The van der Waals surface area contributed by atoms with Crippen molar-refractivity contribution in [3.63, 3.8) is 0 Å². The molecule has 2 aromatic rings. The number of hydrogen-bond acceptors (Lipinski definition) is 3. The highest BCUT2D eigenvalue weighted by Crippen LogP contribution is 2.30. The summed E-state index contributed by atoms with van der Waals surface area (Å²) >= 11 is 5.19. The SMILES string of the molecule is COc1cc(C)ccc1C(N)Cc1ccc(Br)s1. The molecule has 1 heterocycles. The molecule has 0 bridgehead atoms.